The summed E-state index contributed by atoms with van der Waals surface area (Å²) in [6, 6.07) is 33.1. The Balaban J connectivity index is 1.28. The first kappa shape index (κ1) is 27.3. The smallest absolute Gasteiger partial charge is 0.288 e. The minimum Gasteiger partial charge on any atom is -0.401 e. The van der Waals surface area contributed by atoms with Crippen LogP contribution in [0.4, 0.5) is 0 Å². The summed E-state index contributed by atoms with van der Waals surface area (Å²) in [5, 5.41) is 25.2. The van der Waals surface area contributed by atoms with Gasteiger partial charge in [0.05, 0.1) is 18.8 Å². The van der Waals surface area contributed by atoms with Gasteiger partial charge in [-0.25, -0.2) is 0 Å². The first-order chi connectivity index (χ1) is 20.0. The van der Waals surface area contributed by atoms with Crippen LogP contribution >= 0.6 is 0 Å². The molecule has 0 spiro atoms. The Labute approximate surface area is 246 Å². The summed E-state index contributed by atoms with van der Waals surface area (Å²) in [4.78, 5) is 0. The fraction of sp³-hybridized carbons (Fsp3) is 0.459. The summed E-state index contributed by atoms with van der Waals surface area (Å²) in [5.74, 6) is 1.73. The Kier molecular flexibility index (Phi) is 7.10. The Morgan fingerprint density at radius 1 is 0.732 bits per heavy atom. The minimum atomic E-state index is -2.79. The molecule has 3 nitrogen and oxygen atoms in total. The zero-order chi connectivity index (χ0) is 28.1. The van der Waals surface area contributed by atoms with E-state index in [-0.39, 0.29) is 29.6 Å². The quantitative estimate of drug-likeness (QED) is 0.242. The van der Waals surface area contributed by atoms with E-state index in [2.05, 4.69) is 104 Å². The van der Waals surface area contributed by atoms with Gasteiger partial charge in [-0.05, 0) is 90.1 Å². The third-order valence-electron chi connectivity index (χ3n) is 11.9. The number of benzene rings is 3. The molecule has 3 aromatic carbocycles. The first-order valence-corrected chi connectivity index (χ1v) is 17.8. The van der Waals surface area contributed by atoms with Crippen LogP contribution in [0.3, 0.4) is 0 Å². The molecule has 0 aliphatic heterocycles. The Bertz CT molecular complexity index is 1280. The monoisotopic (exact) mass is 564 g/mol. The summed E-state index contributed by atoms with van der Waals surface area (Å²) < 4.78 is 7.83. The van der Waals surface area contributed by atoms with E-state index in [1.165, 1.54) is 34.0 Å². The molecule has 41 heavy (non-hydrogen) atoms. The predicted molar refractivity (Wildman–Crippen MR) is 168 cm³/mol. The van der Waals surface area contributed by atoms with E-state index in [0.717, 1.165) is 38.5 Å². The number of fused-ring (bicyclic) bond motifs is 5. The summed E-state index contributed by atoms with van der Waals surface area (Å²) in [6.07, 6.45) is 10.4. The molecular weight excluding hydrogens is 520 g/mol. The fourth-order valence-corrected chi connectivity index (χ4v) is 14.1. The van der Waals surface area contributed by atoms with Crippen LogP contribution in [0.1, 0.15) is 58.3 Å². The van der Waals surface area contributed by atoms with Crippen molar-refractivity contribution in [3.63, 3.8) is 0 Å². The maximum absolute atomic E-state index is 10.8. The molecule has 4 heteroatoms. The molecule has 0 amide bonds. The molecule has 0 heterocycles. The van der Waals surface area contributed by atoms with Crippen LogP contribution in [0.5, 0.6) is 0 Å². The van der Waals surface area contributed by atoms with Gasteiger partial charge in [-0.1, -0.05) is 110 Å². The zero-order valence-electron chi connectivity index (χ0n) is 24.3. The molecule has 4 aliphatic carbocycles. The van der Waals surface area contributed by atoms with Gasteiger partial charge in [0.25, 0.3) is 8.32 Å². The van der Waals surface area contributed by atoms with Crippen LogP contribution in [0.2, 0.25) is 0 Å². The maximum atomic E-state index is 10.8. The first-order valence-electron chi connectivity index (χ1n) is 15.9. The third-order valence-corrected chi connectivity index (χ3v) is 15.9. The fourth-order valence-electron chi connectivity index (χ4n) is 9.88. The van der Waals surface area contributed by atoms with Crippen LogP contribution in [0.15, 0.2) is 103 Å². The second kappa shape index (κ2) is 10.6. The minimum absolute atomic E-state index is 0.115. The molecule has 3 saturated carbocycles. The van der Waals surface area contributed by atoms with E-state index in [9.17, 15) is 10.2 Å². The molecule has 7 rings (SSSR count). The topological polar surface area (TPSA) is 49.7 Å². The lowest BCUT2D eigenvalue weighted by atomic mass is 9.47. The van der Waals surface area contributed by atoms with E-state index in [1.807, 2.05) is 0 Å². The Morgan fingerprint density at radius 3 is 1.88 bits per heavy atom. The normalized spacial score (nSPS) is 34.7. The van der Waals surface area contributed by atoms with Crippen molar-refractivity contribution in [2.75, 3.05) is 6.61 Å². The summed E-state index contributed by atoms with van der Waals surface area (Å²) in [6.45, 7) is 2.76. The highest BCUT2D eigenvalue weighted by Crippen LogP contribution is 2.66. The summed E-state index contributed by atoms with van der Waals surface area (Å²) in [5.41, 5.74) is 1.33. The Morgan fingerprint density at radius 2 is 1.32 bits per heavy atom. The van der Waals surface area contributed by atoms with Gasteiger partial charge in [0.2, 0.25) is 0 Å². The van der Waals surface area contributed by atoms with Crippen molar-refractivity contribution in [2.45, 2.75) is 70.5 Å². The number of rotatable bonds is 6. The maximum Gasteiger partial charge on any atom is 0.288 e. The van der Waals surface area contributed by atoms with Crippen molar-refractivity contribution in [3.05, 3.63) is 103 Å². The molecule has 3 aromatic rings. The summed E-state index contributed by atoms with van der Waals surface area (Å²) in [7, 11) is -2.79. The molecule has 0 radical (unpaired) electrons. The molecule has 0 bridgehead atoms. The molecule has 214 valence electrons. The highest BCUT2D eigenvalue weighted by molar-refractivity contribution is 7.07. The van der Waals surface area contributed by atoms with Crippen LogP contribution in [-0.2, 0) is 4.43 Å². The molecule has 0 unspecified atom stereocenters. The highest BCUT2D eigenvalue weighted by Gasteiger charge is 2.61. The van der Waals surface area contributed by atoms with Crippen LogP contribution in [0, 0.1) is 28.6 Å². The lowest BCUT2D eigenvalue weighted by Crippen LogP contribution is -2.71. The highest BCUT2D eigenvalue weighted by atomic mass is 28.4. The van der Waals surface area contributed by atoms with Gasteiger partial charge in [-0.15, -0.1) is 0 Å². The van der Waals surface area contributed by atoms with Gasteiger partial charge < -0.3 is 14.6 Å². The molecule has 4 aliphatic rings. The molecular formula is C37H44O3Si. The molecule has 7 atom stereocenters. The van der Waals surface area contributed by atoms with Gasteiger partial charge in [0.1, 0.15) is 0 Å². The van der Waals surface area contributed by atoms with E-state index >= 15 is 0 Å². The van der Waals surface area contributed by atoms with Gasteiger partial charge in [0.15, 0.2) is 0 Å². The number of hydrogen-bond acceptors (Lipinski definition) is 3. The van der Waals surface area contributed by atoms with Crippen molar-refractivity contribution in [2.24, 2.45) is 28.6 Å². The van der Waals surface area contributed by atoms with E-state index in [4.69, 9.17) is 4.43 Å². The molecule has 3 fully saturated rings. The number of hydrogen-bond donors (Lipinski definition) is 2. The Hall–Kier alpha value is -2.50. The van der Waals surface area contributed by atoms with Crippen molar-refractivity contribution in [3.8, 4) is 0 Å². The third kappa shape index (κ3) is 4.25. The van der Waals surface area contributed by atoms with E-state index < -0.39 is 8.32 Å². The van der Waals surface area contributed by atoms with Crippen molar-refractivity contribution in [1.29, 1.82) is 0 Å². The van der Waals surface area contributed by atoms with Gasteiger partial charge in [-0.2, -0.15) is 0 Å². The van der Waals surface area contributed by atoms with E-state index in [1.54, 1.807) is 0 Å². The van der Waals surface area contributed by atoms with Crippen LogP contribution in [0.25, 0.3) is 0 Å². The average Bonchev–Trinajstić information content (AvgIpc) is 3.36. The van der Waals surface area contributed by atoms with Crippen molar-refractivity contribution >= 4 is 23.9 Å². The van der Waals surface area contributed by atoms with Gasteiger partial charge in [0, 0.05) is 5.41 Å². The van der Waals surface area contributed by atoms with Gasteiger partial charge >= 0.3 is 0 Å². The lowest BCUT2D eigenvalue weighted by molar-refractivity contribution is -0.0896. The van der Waals surface area contributed by atoms with Crippen LogP contribution in [-0.4, -0.2) is 37.3 Å². The van der Waals surface area contributed by atoms with Crippen molar-refractivity contribution in [1.82, 2.24) is 0 Å². The average molecular weight is 565 g/mol. The lowest BCUT2D eigenvalue weighted by Gasteiger charge is -2.59. The molecule has 2 N–H and O–H groups in total. The standard InChI is InChI=1S/C37H44O3Si/c1-36-23-22-34-32(18-17-27-25-28(39)21-24-37(27,34)26-38)33(36)19-20-35(36)40-41(29-11-5-2-6-12-29,30-13-7-3-8-14-30)31-15-9-4-10-16-31/h2-16,25,28,32-35,38-39H,17-24,26H2,1H3/t28-,32-,33-,34-,35-,36-,37+/m0/s1. The zero-order valence-corrected chi connectivity index (χ0v) is 25.3. The summed E-state index contributed by atoms with van der Waals surface area (Å²) >= 11 is 0. The van der Waals surface area contributed by atoms with E-state index in [0.29, 0.717) is 17.8 Å². The number of aliphatic hydroxyl groups is 2. The van der Waals surface area contributed by atoms with Crippen LogP contribution < -0.4 is 15.6 Å². The second-order valence-corrected chi connectivity index (χ2v) is 16.9. The number of aliphatic hydroxyl groups excluding tert-OH is 2. The predicted octanol–water partition coefficient (Wildman–Crippen LogP) is 5.33. The molecule has 0 saturated heterocycles. The largest absolute Gasteiger partial charge is 0.401 e. The second-order valence-electron chi connectivity index (χ2n) is 13.5. The SMILES string of the molecule is C[C@]12CC[C@H]3[C@@H](CCC4=C[C@@H](O)CC[C@@]43CO)[C@@H]1CC[C@@H]2O[Si](c1ccccc1)(c1ccccc1)c1ccccc1. The van der Waals surface area contributed by atoms with Gasteiger partial charge in [-0.3, -0.25) is 0 Å². The van der Waals surface area contributed by atoms with Crippen molar-refractivity contribution < 1.29 is 14.6 Å². The molecule has 0 aromatic heterocycles.